The average Bonchev–Trinajstić information content (AvgIpc) is 4.31. The smallest absolute Gasteiger partial charge is 0.0726 e. The molecule has 76 heavy (non-hydrogen) atoms. The maximum Gasteiger partial charge on any atom is 0.0726 e. The Morgan fingerprint density at radius 1 is 0.237 bits per heavy atom. The molecule has 0 saturated heterocycles. The zero-order chi connectivity index (χ0) is 50.2. The molecule has 0 unspecified atom stereocenters. The van der Waals surface area contributed by atoms with Crippen molar-refractivity contribution in [2.45, 2.75) is 5.41 Å². The van der Waals surface area contributed by atoms with Gasteiger partial charge in [0.05, 0.1) is 27.8 Å². The molecule has 0 aliphatic heterocycles. The molecule has 3 heteroatoms. The van der Waals surface area contributed by atoms with E-state index in [1.54, 1.807) is 0 Å². The zero-order valence-electron chi connectivity index (χ0n) is 41.6. The van der Waals surface area contributed by atoms with Gasteiger partial charge in [-0.2, -0.15) is 0 Å². The van der Waals surface area contributed by atoms with Gasteiger partial charge in [0.1, 0.15) is 0 Å². The molecule has 2 aliphatic carbocycles. The van der Waals surface area contributed by atoms with Crippen molar-refractivity contribution in [3.05, 3.63) is 320 Å². The third-order valence-corrected chi connectivity index (χ3v) is 16.0. The molecule has 2 aliphatic rings. The second-order valence-corrected chi connectivity index (χ2v) is 19.9. The van der Waals surface area contributed by atoms with E-state index in [1.165, 1.54) is 60.8 Å². The lowest BCUT2D eigenvalue weighted by atomic mass is 9.70. The third-order valence-electron chi connectivity index (χ3n) is 16.0. The monoisotopic (exact) mass is 967 g/mol. The van der Waals surface area contributed by atoms with Gasteiger partial charge in [-0.1, -0.05) is 212 Å². The van der Waals surface area contributed by atoms with Gasteiger partial charge in [-0.3, -0.25) is 0 Å². The Morgan fingerprint density at radius 3 is 1.24 bits per heavy atom. The van der Waals surface area contributed by atoms with Crippen LogP contribution in [-0.2, 0) is 5.41 Å². The predicted molar refractivity (Wildman–Crippen MR) is 317 cm³/mol. The molecular weight excluding hydrogens is 919 g/mol. The van der Waals surface area contributed by atoms with Crippen molar-refractivity contribution < 1.29 is 0 Å². The summed E-state index contributed by atoms with van der Waals surface area (Å²) < 4.78 is 2.41. The minimum atomic E-state index is -0.527. The highest BCUT2D eigenvalue weighted by molar-refractivity contribution is 6.11. The normalized spacial score (nSPS) is 12.6. The molecule has 0 bridgehead atoms. The maximum atomic E-state index is 2.55. The van der Waals surface area contributed by atoms with Crippen molar-refractivity contribution in [3.8, 4) is 50.2 Å². The molecular formula is C73H49N3. The van der Waals surface area contributed by atoms with Crippen LogP contribution in [0.1, 0.15) is 22.3 Å². The van der Waals surface area contributed by atoms with Crippen LogP contribution >= 0.6 is 0 Å². The molecule has 0 saturated carbocycles. The Hall–Kier alpha value is -9.96. The fourth-order valence-electron chi connectivity index (χ4n) is 12.9. The molecule has 356 valence electrons. The van der Waals surface area contributed by atoms with E-state index in [4.69, 9.17) is 0 Å². The molecule has 1 spiro atoms. The summed E-state index contributed by atoms with van der Waals surface area (Å²) in [6.45, 7) is 0. The first-order chi connectivity index (χ1) is 37.8. The fraction of sp³-hybridized carbons (Fsp3) is 0.0137. The van der Waals surface area contributed by atoms with Crippen LogP contribution in [0.4, 0.5) is 34.1 Å². The lowest BCUT2D eigenvalue weighted by Crippen LogP contribution is -2.26. The average molecular weight is 968 g/mol. The summed E-state index contributed by atoms with van der Waals surface area (Å²) in [4.78, 5) is 4.91. The van der Waals surface area contributed by atoms with Crippen LogP contribution < -0.4 is 9.80 Å². The van der Waals surface area contributed by atoms with Crippen molar-refractivity contribution >= 4 is 55.9 Å². The predicted octanol–water partition coefficient (Wildman–Crippen LogP) is 19.4. The Morgan fingerprint density at radius 2 is 0.658 bits per heavy atom. The molecule has 3 nitrogen and oxygen atoms in total. The number of aromatic nitrogens is 1. The summed E-state index contributed by atoms with van der Waals surface area (Å²) in [5.41, 5.74) is 24.3. The van der Waals surface area contributed by atoms with Crippen molar-refractivity contribution in [3.63, 3.8) is 0 Å². The topological polar surface area (TPSA) is 11.4 Å². The van der Waals surface area contributed by atoms with E-state index in [1.807, 2.05) is 0 Å². The molecule has 12 aromatic carbocycles. The number of benzene rings is 12. The third kappa shape index (κ3) is 6.56. The molecule has 15 rings (SSSR count). The number of para-hydroxylation sites is 6. The second kappa shape index (κ2) is 17.6. The second-order valence-electron chi connectivity index (χ2n) is 19.9. The summed E-state index contributed by atoms with van der Waals surface area (Å²) in [6, 6.07) is 109. The van der Waals surface area contributed by atoms with E-state index in [-0.39, 0.29) is 0 Å². The highest BCUT2D eigenvalue weighted by Gasteiger charge is 2.52. The van der Waals surface area contributed by atoms with Crippen molar-refractivity contribution in [2.24, 2.45) is 0 Å². The largest absolute Gasteiger partial charge is 0.310 e. The van der Waals surface area contributed by atoms with Crippen LogP contribution in [0, 0.1) is 0 Å². The Labute approximate surface area is 443 Å². The maximum absolute atomic E-state index is 2.55. The van der Waals surface area contributed by atoms with Crippen LogP contribution in [0.25, 0.3) is 72.0 Å². The summed E-state index contributed by atoms with van der Waals surface area (Å²) in [6.07, 6.45) is 0. The van der Waals surface area contributed by atoms with Crippen LogP contribution in [0.15, 0.2) is 297 Å². The summed E-state index contributed by atoms with van der Waals surface area (Å²) in [5.74, 6) is 0. The van der Waals surface area contributed by atoms with Gasteiger partial charge in [0, 0.05) is 50.3 Å². The van der Waals surface area contributed by atoms with Crippen LogP contribution in [0.5, 0.6) is 0 Å². The minimum absolute atomic E-state index is 0.527. The standard InChI is InChI=1S/C73H49N3/c1-5-25-50(26-6-1)74(51-27-7-2-8-28-51)72-49-68-63(59-37-17-22-42-67(59)73(68)65-40-20-15-35-57(65)58-36-16-21-41-66(58)73)48-64(72)56-34-14-13-33-55(56)60-38-18-23-43-69(60)75(52-29-9-3-10-30-52)54-45-46-62-61-39-19-24-44-70(61)76(71(62)47-54)53-31-11-4-12-32-53/h1-49H. The van der Waals surface area contributed by atoms with E-state index in [0.29, 0.717) is 0 Å². The minimum Gasteiger partial charge on any atom is -0.310 e. The van der Waals surface area contributed by atoms with Crippen molar-refractivity contribution in [2.75, 3.05) is 9.80 Å². The lowest BCUT2D eigenvalue weighted by molar-refractivity contribution is 0.794. The number of hydrogen-bond acceptors (Lipinski definition) is 2. The van der Waals surface area contributed by atoms with E-state index >= 15 is 0 Å². The van der Waals surface area contributed by atoms with Gasteiger partial charge in [-0.15, -0.1) is 0 Å². The lowest BCUT2D eigenvalue weighted by Gasteiger charge is -2.33. The molecule has 0 amide bonds. The highest BCUT2D eigenvalue weighted by Crippen LogP contribution is 2.64. The first-order valence-electron chi connectivity index (χ1n) is 26.3. The molecule has 1 aromatic heterocycles. The molecule has 0 fully saturated rings. The first-order valence-corrected chi connectivity index (χ1v) is 26.3. The quantitative estimate of drug-likeness (QED) is 0.143. The van der Waals surface area contributed by atoms with E-state index in [2.05, 4.69) is 312 Å². The number of anilines is 6. The zero-order valence-corrected chi connectivity index (χ0v) is 41.6. The summed E-state index contributed by atoms with van der Waals surface area (Å²) in [5, 5.41) is 2.45. The molecule has 0 radical (unpaired) electrons. The molecule has 1 heterocycles. The number of hydrogen-bond donors (Lipinski definition) is 0. The van der Waals surface area contributed by atoms with Gasteiger partial charge in [-0.05, 0) is 141 Å². The van der Waals surface area contributed by atoms with Gasteiger partial charge < -0.3 is 14.4 Å². The number of nitrogens with zero attached hydrogens (tertiary/aromatic N) is 3. The molecule has 13 aromatic rings. The molecule has 0 atom stereocenters. The number of fused-ring (bicyclic) bond motifs is 13. The Bertz CT molecular complexity index is 4260. The summed E-state index contributed by atoms with van der Waals surface area (Å²) >= 11 is 0. The van der Waals surface area contributed by atoms with E-state index < -0.39 is 5.41 Å². The van der Waals surface area contributed by atoms with Crippen LogP contribution in [0.2, 0.25) is 0 Å². The summed E-state index contributed by atoms with van der Waals surface area (Å²) in [7, 11) is 0. The SMILES string of the molecule is c1ccc(N(c2ccc3c4ccccc4n(-c4ccccc4)c3c2)c2ccccc2-c2ccccc2-c2cc3c(cc2N(c2ccccc2)c2ccccc2)C2(c4ccccc4-c4ccccc42)c2ccccc2-3)cc1. The van der Waals surface area contributed by atoms with Crippen molar-refractivity contribution in [1.82, 2.24) is 4.57 Å². The van der Waals surface area contributed by atoms with Gasteiger partial charge >= 0.3 is 0 Å². The van der Waals surface area contributed by atoms with Gasteiger partial charge in [0.25, 0.3) is 0 Å². The van der Waals surface area contributed by atoms with Crippen molar-refractivity contribution in [1.29, 1.82) is 0 Å². The van der Waals surface area contributed by atoms with Crippen LogP contribution in [-0.4, -0.2) is 4.57 Å². The molecule has 0 N–H and O–H groups in total. The fourth-order valence-corrected chi connectivity index (χ4v) is 12.9. The Balaban J connectivity index is 1.00. The Kier molecular flexibility index (Phi) is 10.1. The van der Waals surface area contributed by atoms with Gasteiger partial charge in [0.2, 0.25) is 0 Å². The van der Waals surface area contributed by atoms with E-state index in [9.17, 15) is 0 Å². The number of rotatable bonds is 9. The van der Waals surface area contributed by atoms with Crippen LogP contribution in [0.3, 0.4) is 0 Å². The van der Waals surface area contributed by atoms with E-state index in [0.717, 1.165) is 67.6 Å². The highest BCUT2D eigenvalue weighted by atomic mass is 15.2. The van der Waals surface area contributed by atoms with Gasteiger partial charge in [0.15, 0.2) is 0 Å². The first kappa shape index (κ1) is 43.6. The van der Waals surface area contributed by atoms with Gasteiger partial charge in [-0.25, -0.2) is 0 Å².